The SMILES string of the molecule is Cc1cc(NC(C)(C)CCC(=O)O)ncn1. The first-order chi connectivity index (χ1) is 7.39. The number of anilines is 1. The van der Waals surface area contributed by atoms with Gasteiger partial charge >= 0.3 is 5.97 Å². The molecular formula is C11H17N3O2. The summed E-state index contributed by atoms with van der Waals surface area (Å²) in [6.45, 7) is 5.79. The Morgan fingerprint density at radius 2 is 2.19 bits per heavy atom. The largest absolute Gasteiger partial charge is 0.481 e. The first-order valence-electron chi connectivity index (χ1n) is 5.18. The van der Waals surface area contributed by atoms with Crippen molar-refractivity contribution in [2.45, 2.75) is 39.2 Å². The van der Waals surface area contributed by atoms with Crippen LogP contribution in [0.4, 0.5) is 5.82 Å². The zero-order valence-corrected chi connectivity index (χ0v) is 9.82. The van der Waals surface area contributed by atoms with Crippen LogP contribution in [-0.2, 0) is 4.79 Å². The average Bonchev–Trinajstić information content (AvgIpc) is 2.14. The number of nitrogens with one attached hydrogen (secondary N) is 1. The van der Waals surface area contributed by atoms with Crippen molar-refractivity contribution in [3.8, 4) is 0 Å². The molecule has 1 aromatic rings. The number of hydrogen-bond acceptors (Lipinski definition) is 4. The van der Waals surface area contributed by atoms with Gasteiger partial charge in [-0.15, -0.1) is 0 Å². The molecule has 0 amide bonds. The molecule has 1 rings (SSSR count). The Labute approximate surface area is 94.9 Å². The van der Waals surface area contributed by atoms with Crippen molar-refractivity contribution in [3.05, 3.63) is 18.1 Å². The van der Waals surface area contributed by atoms with Gasteiger partial charge in [-0.05, 0) is 27.2 Å². The fraction of sp³-hybridized carbons (Fsp3) is 0.545. The molecule has 0 aliphatic rings. The lowest BCUT2D eigenvalue weighted by Gasteiger charge is -2.26. The molecule has 0 aliphatic heterocycles. The highest BCUT2D eigenvalue weighted by Crippen LogP contribution is 2.17. The summed E-state index contributed by atoms with van der Waals surface area (Å²) in [6, 6.07) is 1.84. The molecular weight excluding hydrogens is 206 g/mol. The summed E-state index contributed by atoms with van der Waals surface area (Å²) < 4.78 is 0. The first kappa shape index (κ1) is 12.4. The number of carboxylic acids is 1. The lowest BCUT2D eigenvalue weighted by atomic mass is 9.98. The zero-order valence-electron chi connectivity index (χ0n) is 9.82. The Balaban J connectivity index is 2.61. The van der Waals surface area contributed by atoms with Crippen LogP contribution in [-0.4, -0.2) is 26.6 Å². The molecule has 5 heteroatoms. The maximum absolute atomic E-state index is 10.5. The van der Waals surface area contributed by atoms with E-state index in [0.29, 0.717) is 6.42 Å². The van der Waals surface area contributed by atoms with Crippen molar-refractivity contribution in [1.29, 1.82) is 0 Å². The normalized spacial score (nSPS) is 11.2. The molecule has 0 bridgehead atoms. The molecule has 0 atom stereocenters. The fourth-order valence-electron chi connectivity index (χ4n) is 1.35. The second-order valence-electron chi connectivity index (χ2n) is 4.45. The van der Waals surface area contributed by atoms with Gasteiger partial charge in [-0.3, -0.25) is 4.79 Å². The number of aliphatic carboxylic acids is 1. The Bertz CT molecular complexity index is 377. The van der Waals surface area contributed by atoms with Gasteiger partial charge < -0.3 is 10.4 Å². The van der Waals surface area contributed by atoms with E-state index in [1.54, 1.807) is 0 Å². The first-order valence-corrected chi connectivity index (χ1v) is 5.18. The molecule has 0 radical (unpaired) electrons. The number of aromatic nitrogens is 2. The summed E-state index contributed by atoms with van der Waals surface area (Å²) in [4.78, 5) is 18.6. The second kappa shape index (κ2) is 4.92. The molecule has 16 heavy (non-hydrogen) atoms. The summed E-state index contributed by atoms with van der Waals surface area (Å²) >= 11 is 0. The van der Waals surface area contributed by atoms with Gasteiger partial charge in [-0.25, -0.2) is 9.97 Å². The summed E-state index contributed by atoms with van der Waals surface area (Å²) in [7, 11) is 0. The standard InChI is InChI=1S/C11H17N3O2/c1-8-6-9(13-7-12-8)14-11(2,3)5-4-10(15)16/h6-7H,4-5H2,1-3H3,(H,15,16)(H,12,13,14). The maximum Gasteiger partial charge on any atom is 0.303 e. The van der Waals surface area contributed by atoms with Gasteiger partial charge in [0.25, 0.3) is 0 Å². The quantitative estimate of drug-likeness (QED) is 0.796. The lowest BCUT2D eigenvalue weighted by molar-refractivity contribution is -0.137. The van der Waals surface area contributed by atoms with E-state index >= 15 is 0 Å². The molecule has 0 saturated carbocycles. The van der Waals surface area contributed by atoms with E-state index in [-0.39, 0.29) is 12.0 Å². The Hall–Kier alpha value is -1.65. The van der Waals surface area contributed by atoms with E-state index in [9.17, 15) is 4.79 Å². The summed E-state index contributed by atoms with van der Waals surface area (Å²) in [6.07, 6.45) is 2.18. The van der Waals surface area contributed by atoms with E-state index in [0.717, 1.165) is 11.5 Å². The van der Waals surface area contributed by atoms with Crippen LogP contribution in [0.25, 0.3) is 0 Å². The smallest absolute Gasteiger partial charge is 0.303 e. The van der Waals surface area contributed by atoms with Crippen molar-refractivity contribution < 1.29 is 9.90 Å². The Morgan fingerprint density at radius 3 is 2.75 bits per heavy atom. The minimum Gasteiger partial charge on any atom is -0.481 e. The number of carbonyl (C=O) groups is 1. The van der Waals surface area contributed by atoms with Crippen molar-refractivity contribution in [1.82, 2.24) is 9.97 Å². The Kier molecular flexibility index (Phi) is 3.82. The minimum atomic E-state index is -0.784. The number of rotatable bonds is 5. The maximum atomic E-state index is 10.5. The number of aryl methyl sites for hydroxylation is 1. The van der Waals surface area contributed by atoms with Crippen LogP contribution in [0.3, 0.4) is 0 Å². The highest BCUT2D eigenvalue weighted by molar-refractivity contribution is 5.66. The molecule has 0 saturated heterocycles. The summed E-state index contributed by atoms with van der Waals surface area (Å²) in [5.41, 5.74) is 0.589. The number of hydrogen-bond donors (Lipinski definition) is 2. The number of nitrogens with zero attached hydrogens (tertiary/aromatic N) is 2. The molecule has 0 aliphatic carbocycles. The van der Waals surface area contributed by atoms with Gasteiger partial charge in [-0.2, -0.15) is 0 Å². The third kappa shape index (κ3) is 4.25. The van der Waals surface area contributed by atoms with Crippen molar-refractivity contribution >= 4 is 11.8 Å². The fourth-order valence-corrected chi connectivity index (χ4v) is 1.35. The molecule has 5 nitrogen and oxygen atoms in total. The zero-order chi connectivity index (χ0) is 12.2. The van der Waals surface area contributed by atoms with E-state index in [2.05, 4.69) is 15.3 Å². The van der Waals surface area contributed by atoms with Crippen LogP contribution in [0.15, 0.2) is 12.4 Å². The number of carboxylic acid groups (broad SMARTS) is 1. The van der Waals surface area contributed by atoms with Crippen LogP contribution in [0.2, 0.25) is 0 Å². The topological polar surface area (TPSA) is 75.1 Å². The Morgan fingerprint density at radius 1 is 1.50 bits per heavy atom. The summed E-state index contributed by atoms with van der Waals surface area (Å²) in [5, 5.41) is 11.8. The van der Waals surface area contributed by atoms with Crippen LogP contribution in [0.5, 0.6) is 0 Å². The van der Waals surface area contributed by atoms with E-state index in [4.69, 9.17) is 5.11 Å². The van der Waals surface area contributed by atoms with E-state index in [1.165, 1.54) is 6.33 Å². The highest BCUT2D eigenvalue weighted by atomic mass is 16.4. The van der Waals surface area contributed by atoms with Crippen molar-refractivity contribution in [2.75, 3.05) is 5.32 Å². The van der Waals surface area contributed by atoms with Crippen LogP contribution in [0.1, 0.15) is 32.4 Å². The van der Waals surface area contributed by atoms with Gasteiger partial charge in [0.1, 0.15) is 12.1 Å². The highest BCUT2D eigenvalue weighted by Gasteiger charge is 2.19. The van der Waals surface area contributed by atoms with E-state index < -0.39 is 5.97 Å². The second-order valence-corrected chi connectivity index (χ2v) is 4.45. The lowest BCUT2D eigenvalue weighted by Crippen LogP contribution is -2.32. The van der Waals surface area contributed by atoms with Crippen LogP contribution >= 0.6 is 0 Å². The van der Waals surface area contributed by atoms with Gasteiger partial charge in [0.15, 0.2) is 0 Å². The van der Waals surface area contributed by atoms with Crippen LogP contribution < -0.4 is 5.32 Å². The molecule has 88 valence electrons. The van der Waals surface area contributed by atoms with Gasteiger partial charge in [0.05, 0.1) is 0 Å². The van der Waals surface area contributed by atoms with Gasteiger partial charge in [-0.1, -0.05) is 0 Å². The van der Waals surface area contributed by atoms with E-state index in [1.807, 2.05) is 26.8 Å². The molecule has 0 aromatic carbocycles. The summed E-state index contributed by atoms with van der Waals surface area (Å²) in [5.74, 6) is -0.0587. The molecule has 0 spiro atoms. The third-order valence-corrected chi connectivity index (χ3v) is 2.23. The van der Waals surface area contributed by atoms with Gasteiger partial charge in [0.2, 0.25) is 0 Å². The third-order valence-electron chi connectivity index (χ3n) is 2.23. The average molecular weight is 223 g/mol. The molecule has 0 unspecified atom stereocenters. The monoisotopic (exact) mass is 223 g/mol. The molecule has 1 aromatic heterocycles. The van der Waals surface area contributed by atoms with Crippen LogP contribution in [0, 0.1) is 6.92 Å². The van der Waals surface area contributed by atoms with Gasteiger partial charge in [0, 0.05) is 23.7 Å². The molecule has 1 heterocycles. The predicted molar refractivity (Wildman–Crippen MR) is 61.3 cm³/mol. The molecule has 2 N–H and O–H groups in total. The predicted octanol–water partition coefficient (Wildman–Crippen LogP) is 1.84. The van der Waals surface area contributed by atoms with Crippen molar-refractivity contribution in [2.24, 2.45) is 0 Å². The van der Waals surface area contributed by atoms with Crippen molar-refractivity contribution in [3.63, 3.8) is 0 Å². The molecule has 0 fully saturated rings. The minimum absolute atomic E-state index is 0.143.